The number of halogens is 1. The third kappa shape index (κ3) is 7.14. The molecule has 6 rings (SSSR count). The van der Waals surface area contributed by atoms with E-state index in [0.717, 1.165) is 22.3 Å². The number of carbonyl (C=O) groups excluding carboxylic acids is 1. The Morgan fingerprint density at radius 1 is 0.442 bits per heavy atom. The minimum atomic E-state index is -0.463. The monoisotopic (exact) mass is 679 g/mol. The number of ether oxygens (including phenoxy) is 3. The number of rotatable bonds is 9. The number of hydrogen-bond acceptors (Lipinski definition) is 8. The van der Waals surface area contributed by atoms with E-state index in [0.29, 0.717) is 22.8 Å². The average Bonchev–Trinajstić information content (AvgIpc) is 3.06. The summed E-state index contributed by atoms with van der Waals surface area (Å²) in [5, 5.41) is 0. The van der Waals surface area contributed by atoms with Gasteiger partial charge in [0.1, 0.15) is 17.2 Å². The van der Waals surface area contributed by atoms with Crippen LogP contribution in [0.4, 0.5) is 0 Å². The normalized spacial score (nSPS) is 10.5. The summed E-state index contributed by atoms with van der Waals surface area (Å²) in [6.45, 7) is 0. The Morgan fingerprint density at radius 2 is 0.767 bits per heavy atom. The summed E-state index contributed by atoms with van der Waals surface area (Å²) in [5.74, 6) is 0.983. The summed E-state index contributed by atoms with van der Waals surface area (Å²) in [7, 11) is 0. The molecule has 6 aromatic rings. The lowest BCUT2D eigenvalue weighted by Crippen LogP contribution is -2.02. The van der Waals surface area contributed by atoms with Gasteiger partial charge < -0.3 is 17.3 Å². The first-order chi connectivity index (χ1) is 21.1. The molecule has 0 aliphatic rings. The maximum Gasteiger partial charge on any atom is 0.347 e. The molecule has 9 heteroatoms. The van der Waals surface area contributed by atoms with Crippen LogP contribution in [0.15, 0.2) is 133 Å². The highest BCUT2D eigenvalue weighted by Crippen LogP contribution is 2.30. The van der Waals surface area contributed by atoms with E-state index in [-0.39, 0.29) is 18.0 Å². The van der Waals surface area contributed by atoms with Crippen molar-refractivity contribution in [2.75, 3.05) is 0 Å². The molecule has 0 bridgehead atoms. The molecule has 1 heterocycles. The first-order valence-electron chi connectivity index (χ1n) is 13.2. The van der Waals surface area contributed by atoms with Crippen molar-refractivity contribution in [1.29, 1.82) is 0 Å². The van der Waals surface area contributed by atoms with E-state index in [1.54, 1.807) is 47.3 Å². The van der Waals surface area contributed by atoms with Crippen LogP contribution in [-0.2, 0) is 3.07 Å². The molecule has 8 nitrogen and oxygen atoms in total. The molecule has 0 aliphatic heterocycles. The molecule has 0 aliphatic carbocycles. The largest absolute Gasteiger partial charge is 0.424 e. The molecule has 0 spiro atoms. The predicted molar refractivity (Wildman–Crippen MR) is 170 cm³/mol. The van der Waals surface area contributed by atoms with Crippen molar-refractivity contribution in [3.63, 3.8) is 0 Å². The Hall–Kier alpha value is -5.29. The fourth-order valence-corrected chi connectivity index (χ4v) is 4.42. The van der Waals surface area contributed by atoms with Gasteiger partial charge in [0.25, 0.3) is 0 Å². The third-order valence-electron chi connectivity index (χ3n) is 6.28. The average molecular weight is 679 g/mol. The highest BCUT2D eigenvalue weighted by atomic mass is 127. The molecule has 0 fully saturated rings. The van der Waals surface area contributed by atoms with Gasteiger partial charge in [-0.15, -0.1) is 15.0 Å². The number of hydrogen-bond donors (Lipinski definition) is 0. The fourth-order valence-electron chi connectivity index (χ4n) is 4.17. The maximum absolute atomic E-state index is 11.8. The molecule has 0 radical (unpaired) electrons. The van der Waals surface area contributed by atoms with Gasteiger partial charge in [0.2, 0.25) is 0 Å². The highest BCUT2D eigenvalue weighted by molar-refractivity contribution is 14.1. The van der Waals surface area contributed by atoms with Crippen molar-refractivity contribution in [2.24, 2.45) is 0 Å². The van der Waals surface area contributed by atoms with E-state index in [4.69, 9.17) is 17.3 Å². The summed E-state index contributed by atoms with van der Waals surface area (Å²) in [6.07, 6.45) is 0. The van der Waals surface area contributed by atoms with Gasteiger partial charge >= 0.3 is 24.0 Å². The van der Waals surface area contributed by atoms with Gasteiger partial charge in [-0.3, -0.25) is 0 Å². The Labute approximate surface area is 261 Å². The van der Waals surface area contributed by atoms with E-state index >= 15 is 0 Å². The van der Waals surface area contributed by atoms with Crippen LogP contribution in [0, 0.1) is 0 Å². The Kier molecular flexibility index (Phi) is 8.51. The first kappa shape index (κ1) is 27.9. The predicted octanol–water partition coefficient (Wildman–Crippen LogP) is 9.09. The summed E-state index contributed by atoms with van der Waals surface area (Å²) in [4.78, 5) is 24.8. The van der Waals surface area contributed by atoms with Crippen LogP contribution in [0.5, 0.6) is 35.3 Å². The number of carbonyl (C=O) groups is 1. The van der Waals surface area contributed by atoms with Gasteiger partial charge in [0.05, 0.1) is 5.56 Å². The highest BCUT2D eigenvalue weighted by Gasteiger charge is 2.14. The SMILES string of the molecule is O=C(OI)c1ccc(Oc2nc(Oc3ccc(-c4ccccc4)cc3)nc(Oc3ccc(-c4ccccc4)cc3)n2)cc1. The molecule has 210 valence electrons. The zero-order valence-electron chi connectivity index (χ0n) is 22.5. The molecule has 0 saturated carbocycles. The van der Waals surface area contributed by atoms with Crippen LogP contribution in [-0.4, -0.2) is 20.9 Å². The van der Waals surface area contributed by atoms with Gasteiger partial charge in [-0.1, -0.05) is 84.9 Å². The van der Waals surface area contributed by atoms with Gasteiger partial charge in [-0.25, -0.2) is 4.79 Å². The quantitative estimate of drug-likeness (QED) is 0.140. The summed E-state index contributed by atoms with van der Waals surface area (Å²) >= 11 is 1.54. The molecule has 43 heavy (non-hydrogen) atoms. The van der Waals surface area contributed by atoms with Gasteiger partial charge in [0.15, 0.2) is 23.0 Å². The summed E-state index contributed by atoms with van der Waals surface area (Å²) in [6, 6.07) is 41.5. The summed E-state index contributed by atoms with van der Waals surface area (Å²) < 4.78 is 22.6. The molecule has 0 atom stereocenters. The van der Waals surface area contributed by atoms with Crippen LogP contribution in [0.25, 0.3) is 22.3 Å². The van der Waals surface area contributed by atoms with Crippen molar-refractivity contribution in [3.05, 3.63) is 139 Å². The van der Waals surface area contributed by atoms with Crippen LogP contribution < -0.4 is 14.2 Å². The van der Waals surface area contributed by atoms with Crippen molar-refractivity contribution in [2.45, 2.75) is 0 Å². The molecule has 1 aromatic heterocycles. The zero-order chi connectivity index (χ0) is 29.4. The van der Waals surface area contributed by atoms with E-state index in [9.17, 15) is 4.79 Å². The lowest BCUT2D eigenvalue weighted by atomic mass is 10.1. The second kappa shape index (κ2) is 13.1. The van der Waals surface area contributed by atoms with Crippen molar-refractivity contribution in [1.82, 2.24) is 15.0 Å². The second-order valence-electron chi connectivity index (χ2n) is 9.16. The molecule has 5 aromatic carbocycles. The van der Waals surface area contributed by atoms with Gasteiger partial charge in [-0.2, -0.15) is 0 Å². The molecule has 0 saturated heterocycles. The Morgan fingerprint density at radius 3 is 1.12 bits per heavy atom. The van der Waals surface area contributed by atoms with Crippen molar-refractivity contribution in [3.8, 4) is 57.5 Å². The lowest BCUT2D eigenvalue weighted by Gasteiger charge is -2.10. The standard InChI is InChI=1S/C34H22IN3O5/c35-43-31(39)27-15-21-30(22-16-27)42-34-37-32(40-28-17-11-25(12-18-28)23-7-3-1-4-8-23)36-33(38-34)41-29-19-13-26(14-20-29)24-9-5-2-6-10-24/h1-22H. The smallest absolute Gasteiger partial charge is 0.347 e. The van der Waals surface area contributed by atoms with E-state index < -0.39 is 5.97 Å². The first-order valence-corrected chi connectivity index (χ1v) is 14.0. The van der Waals surface area contributed by atoms with E-state index in [1.807, 2.05) is 109 Å². The van der Waals surface area contributed by atoms with Crippen molar-refractivity contribution >= 4 is 29.0 Å². The Balaban J connectivity index is 1.26. The molecule has 0 amide bonds. The fraction of sp³-hybridized carbons (Fsp3) is 0. The van der Waals surface area contributed by atoms with Crippen LogP contribution in [0.1, 0.15) is 10.4 Å². The molecule has 0 N–H and O–H groups in total. The van der Waals surface area contributed by atoms with Crippen LogP contribution in [0.3, 0.4) is 0 Å². The maximum atomic E-state index is 11.8. The molecular formula is C34H22IN3O5. The molecular weight excluding hydrogens is 657 g/mol. The van der Waals surface area contributed by atoms with E-state index in [1.165, 1.54) is 0 Å². The van der Waals surface area contributed by atoms with Gasteiger partial charge in [0, 0.05) is 0 Å². The minimum absolute atomic E-state index is 0.0153. The topological polar surface area (TPSA) is 92.7 Å². The van der Waals surface area contributed by atoms with Crippen LogP contribution >= 0.6 is 23.0 Å². The lowest BCUT2D eigenvalue weighted by molar-refractivity contribution is 0.0800. The summed E-state index contributed by atoms with van der Waals surface area (Å²) in [5.41, 5.74) is 4.66. The number of aromatic nitrogens is 3. The zero-order valence-corrected chi connectivity index (χ0v) is 24.6. The second-order valence-corrected chi connectivity index (χ2v) is 9.60. The number of benzene rings is 5. The van der Waals surface area contributed by atoms with Crippen LogP contribution in [0.2, 0.25) is 0 Å². The van der Waals surface area contributed by atoms with E-state index in [2.05, 4.69) is 15.0 Å². The van der Waals surface area contributed by atoms with Crippen molar-refractivity contribution < 1.29 is 22.1 Å². The molecule has 0 unspecified atom stereocenters. The van der Waals surface area contributed by atoms with Gasteiger partial charge in [-0.05, 0) is 70.8 Å². The Bertz CT molecular complexity index is 1710. The minimum Gasteiger partial charge on any atom is -0.424 e. The number of nitrogens with zero attached hydrogens (tertiary/aromatic N) is 3. The third-order valence-corrected chi connectivity index (χ3v) is 6.68.